The SMILES string of the molecule is CC(C)(CNC(=S)Nc1ccc(OC(F)F)cc1)N1CCCCC1. The van der Waals surface area contributed by atoms with Gasteiger partial charge in [-0.3, -0.25) is 4.90 Å². The molecule has 0 unspecified atom stereocenters. The van der Waals surface area contributed by atoms with Crippen LogP contribution in [0.3, 0.4) is 0 Å². The number of hydrogen-bond acceptors (Lipinski definition) is 3. The van der Waals surface area contributed by atoms with Crippen molar-refractivity contribution in [3.05, 3.63) is 24.3 Å². The first-order valence-electron chi connectivity index (χ1n) is 8.21. The van der Waals surface area contributed by atoms with E-state index in [-0.39, 0.29) is 11.3 Å². The van der Waals surface area contributed by atoms with Crippen LogP contribution < -0.4 is 15.4 Å². The van der Waals surface area contributed by atoms with Gasteiger partial charge in [-0.2, -0.15) is 8.78 Å². The van der Waals surface area contributed by atoms with E-state index >= 15 is 0 Å². The number of hydrogen-bond donors (Lipinski definition) is 2. The number of nitrogens with one attached hydrogen (secondary N) is 2. The summed E-state index contributed by atoms with van der Waals surface area (Å²) in [7, 11) is 0. The van der Waals surface area contributed by atoms with E-state index in [9.17, 15) is 8.78 Å². The molecule has 7 heteroatoms. The van der Waals surface area contributed by atoms with Crippen molar-refractivity contribution < 1.29 is 13.5 Å². The molecule has 1 aromatic rings. The lowest BCUT2D eigenvalue weighted by molar-refractivity contribution is -0.0498. The normalized spacial score (nSPS) is 16.0. The van der Waals surface area contributed by atoms with E-state index in [0.29, 0.717) is 5.11 Å². The fraction of sp³-hybridized carbons (Fsp3) is 0.588. The molecule has 0 aromatic heterocycles. The maximum atomic E-state index is 12.1. The average Bonchev–Trinajstić information content (AvgIpc) is 2.55. The highest BCUT2D eigenvalue weighted by molar-refractivity contribution is 7.80. The van der Waals surface area contributed by atoms with E-state index in [4.69, 9.17) is 12.2 Å². The number of ether oxygens (including phenoxy) is 1. The van der Waals surface area contributed by atoms with Crippen molar-refractivity contribution in [3.63, 3.8) is 0 Å². The minimum absolute atomic E-state index is 0.0289. The monoisotopic (exact) mass is 357 g/mol. The third-order valence-corrected chi connectivity index (χ3v) is 4.48. The van der Waals surface area contributed by atoms with E-state index in [1.807, 2.05) is 0 Å². The largest absolute Gasteiger partial charge is 0.435 e. The zero-order valence-corrected chi connectivity index (χ0v) is 15.0. The maximum absolute atomic E-state index is 12.1. The smallest absolute Gasteiger partial charge is 0.387 e. The van der Waals surface area contributed by atoms with Crippen molar-refractivity contribution in [2.45, 2.75) is 45.3 Å². The molecular formula is C17H25F2N3OS. The van der Waals surface area contributed by atoms with Crippen LogP contribution in [-0.4, -0.2) is 41.8 Å². The Labute approximate surface area is 147 Å². The van der Waals surface area contributed by atoms with Crippen LogP contribution >= 0.6 is 12.2 Å². The van der Waals surface area contributed by atoms with Crippen LogP contribution in [0.5, 0.6) is 5.75 Å². The highest BCUT2D eigenvalue weighted by atomic mass is 32.1. The molecule has 1 fully saturated rings. The van der Waals surface area contributed by atoms with Gasteiger partial charge in [-0.15, -0.1) is 0 Å². The Hall–Kier alpha value is -1.47. The van der Waals surface area contributed by atoms with E-state index in [1.165, 1.54) is 31.4 Å². The number of nitrogens with zero attached hydrogens (tertiary/aromatic N) is 1. The molecule has 2 rings (SSSR count). The van der Waals surface area contributed by atoms with Crippen molar-refractivity contribution >= 4 is 23.0 Å². The highest BCUT2D eigenvalue weighted by Gasteiger charge is 2.27. The van der Waals surface area contributed by atoms with Crippen LogP contribution in [0, 0.1) is 0 Å². The Morgan fingerprint density at radius 2 is 1.83 bits per heavy atom. The van der Waals surface area contributed by atoms with Gasteiger partial charge in [0.25, 0.3) is 0 Å². The van der Waals surface area contributed by atoms with Gasteiger partial charge in [-0.25, -0.2) is 0 Å². The number of benzene rings is 1. The summed E-state index contributed by atoms with van der Waals surface area (Å²) in [6.45, 7) is 4.60. The predicted octanol–water partition coefficient (Wildman–Crippen LogP) is 3.84. The van der Waals surface area contributed by atoms with Crippen LogP contribution in [0.2, 0.25) is 0 Å². The van der Waals surface area contributed by atoms with E-state index in [1.54, 1.807) is 12.1 Å². The maximum Gasteiger partial charge on any atom is 0.387 e. The molecule has 1 aliphatic rings. The van der Waals surface area contributed by atoms with Gasteiger partial charge in [0.1, 0.15) is 5.75 Å². The van der Waals surface area contributed by atoms with Gasteiger partial charge < -0.3 is 15.4 Å². The highest BCUT2D eigenvalue weighted by Crippen LogP contribution is 2.20. The quantitative estimate of drug-likeness (QED) is 0.757. The number of halogens is 2. The molecule has 24 heavy (non-hydrogen) atoms. The van der Waals surface area contributed by atoms with Crippen LogP contribution in [-0.2, 0) is 0 Å². The van der Waals surface area contributed by atoms with Crippen LogP contribution in [0.15, 0.2) is 24.3 Å². The number of anilines is 1. The standard InChI is InChI=1S/C17H25F2N3OS/c1-17(2,22-10-4-3-5-11-22)12-20-16(24)21-13-6-8-14(9-7-13)23-15(18)19/h6-9,15H,3-5,10-12H2,1-2H3,(H2,20,21,24). The molecule has 0 aliphatic carbocycles. The minimum atomic E-state index is -2.82. The number of rotatable bonds is 6. The zero-order valence-electron chi connectivity index (χ0n) is 14.1. The molecule has 0 amide bonds. The first-order valence-corrected chi connectivity index (χ1v) is 8.62. The van der Waals surface area contributed by atoms with Gasteiger partial charge in [0.05, 0.1) is 0 Å². The van der Waals surface area contributed by atoms with E-state index in [2.05, 4.69) is 34.1 Å². The minimum Gasteiger partial charge on any atom is -0.435 e. The average molecular weight is 357 g/mol. The molecule has 1 aromatic carbocycles. The molecule has 0 spiro atoms. The molecule has 0 bridgehead atoms. The summed E-state index contributed by atoms with van der Waals surface area (Å²) in [5.74, 6) is 0.126. The first-order chi connectivity index (χ1) is 11.4. The lowest BCUT2D eigenvalue weighted by atomic mass is 9.98. The van der Waals surface area contributed by atoms with Gasteiger partial charge in [0, 0.05) is 17.8 Å². The van der Waals surface area contributed by atoms with Crippen molar-refractivity contribution in [1.29, 1.82) is 0 Å². The second kappa shape index (κ2) is 8.58. The number of likely N-dealkylation sites (tertiary alicyclic amines) is 1. The molecule has 0 atom stereocenters. The molecule has 1 aliphatic heterocycles. The van der Waals surface area contributed by atoms with Gasteiger partial charge in [0.15, 0.2) is 5.11 Å². The lowest BCUT2D eigenvalue weighted by Crippen LogP contribution is -2.53. The van der Waals surface area contributed by atoms with Crippen LogP contribution in [0.4, 0.5) is 14.5 Å². The molecule has 4 nitrogen and oxygen atoms in total. The summed E-state index contributed by atoms with van der Waals surface area (Å²) in [5.41, 5.74) is 0.756. The van der Waals surface area contributed by atoms with Crippen molar-refractivity contribution in [2.75, 3.05) is 25.0 Å². The number of thiocarbonyl (C=S) groups is 1. The Balaban J connectivity index is 1.80. The van der Waals surface area contributed by atoms with Gasteiger partial charge in [0.2, 0.25) is 0 Å². The summed E-state index contributed by atoms with van der Waals surface area (Å²) >= 11 is 5.32. The van der Waals surface area contributed by atoms with Crippen molar-refractivity contribution in [3.8, 4) is 5.75 Å². The third-order valence-electron chi connectivity index (χ3n) is 4.23. The molecule has 1 heterocycles. The summed E-state index contributed by atoms with van der Waals surface area (Å²) in [6, 6.07) is 6.27. The summed E-state index contributed by atoms with van der Waals surface area (Å²) in [4.78, 5) is 2.49. The Kier molecular flexibility index (Phi) is 6.74. The fourth-order valence-corrected chi connectivity index (χ4v) is 2.99. The lowest BCUT2D eigenvalue weighted by Gasteiger charge is -2.41. The third kappa shape index (κ3) is 5.87. The molecular weight excluding hydrogens is 332 g/mol. The molecule has 0 saturated carbocycles. The van der Waals surface area contributed by atoms with E-state index in [0.717, 1.165) is 25.3 Å². The number of piperidine rings is 1. The Morgan fingerprint density at radius 3 is 2.42 bits per heavy atom. The van der Waals surface area contributed by atoms with Crippen LogP contribution in [0.1, 0.15) is 33.1 Å². The molecule has 1 saturated heterocycles. The van der Waals surface area contributed by atoms with Crippen molar-refractivity contribution in [2.24, 2.45) is 0 Å². The summed E-state index contributed by atoms with van der Waals surface area (Å²) in [6.07, 6.45) is 3.81. The van der Waals surface area contributed by atoms with Gasteiger partial charge >= 0.3 is 6.61 Å². The summed E-state index contributed by atoms with van der Waals surface area (Å²) in [5, 5.41) is 6.82. The van der Waals surface area contributed by atoms with Crippen LogP contribution in [0.25, 0.3) is 0 Å². The van der Waals surface area contributed by atoms with Gasteiger partial charge in [-0.1, -0.05) is 6.42 Å². The zero-order chi connectivity index (χ0) is 17.6. The molecule has 134 valence electrons. The summed E-state index contributed by atoms with van der Waals surface area (Å²) < 4.78 is 28.6. The van der Waals surface area contributed by atoms with E-state index < -0.39 is 6.61 Å². The van der Waals surface area contributed by atoms with Gasteiger partial charge in [-0.05, 0) is 76.3 Å². The second-order valence-electron chi connectivity index (χ2n) is 6.57. The predicted molar refractivity (Wildman–Crippen MR) is 96.8 cm³/mol. The second-order valence-corrected chi connectivity index (χ2v) is 6.98. The molecule has 2 N–H and O–H groups in total. The molecule has 0 radical (unpaired) electrons. The number of alkyl halides is 2. The first kappa shape index (κ1) is 18.9. The Bertz CT molecular complexity index is 531. The topological polar surface area (TPSA) is 36.5 Å². The van der Waals surface area contributed by atoms with Crippen molar-refractivity contribution in [1.82, 2.24) is 10.2 Å². The Morgan fingerprint density at radius 1 is 1.21 bits per heavy atom. The fourth-order valence-electron chi connectivity index (χ4n) is 2.80.